The molecule has 25 heavy (non-hydrogen) atoms. The number of fused-ring (bicyclic) bond motifs is 1. The summed E-state index contributed by atoms with van der Waals surface area (Å²) in [6, 6.07) is 13.7. The highest BCUT2D eigenvalue weighted by Crippen LogP contribution is 2.33. The number of hydrogen-bond donors (Lipinski definition) is 1. The van der Waals surface area contributed by atoms with E-state index in [1.165, 1.54) is 0 Å². The predicted octanol–water partition coefficient (Wildman–Crippen LogP) is 3.03. The number of para-hydroxylation sites is 2. The van der Waals surface area contributed by atoms with Crippen molar-refractivity contribution in [1.82, 2.24) is 0 Å². The van der Waals surface area contributed by atoms with Crippen molar-refractivity contribution in [3.8, 4) is 11.5 Å². The fourth-order valence-electron chi connectivity index (χ4n) is 2.52. The number of rotatable bonds is 4. The molecule has 0 bridgehead atoms. The number of benzene rings is 2. The van der Waals surface area contributed by atoms with E-state index in [1.807, 2.05) is 12.1 Å². The van der Waals surface area contributed by atoms with Crippen molar-refractivity contribution in [2.75, 3.05) is 11.9 Å². The number of esters is 1. The van der Waals surface area contributed by atoms with Crippen LogP contribution in [0.2, 0.25) is 0 Å². The number of amides is 1. The second kappa shape index (κ2) is 7.25. The Labute approximate surface area is 145 Å². The van der Waals surface area contributed by atoms with Crippen LogP contribution in [0.1, 0.15) is 24.2 Å². The minimum absolute atomic E-state index is 0.314. The van der Waals surface area contributed by atoms with Crippen LogP contribution in [0.5, 0.6) is 11.5 Å². The van der Waals surface area contributed by atoms with Crippen molar-refractivity contribution in [3.05, 3.63) is 54.1 Å². The van der Waals surface area contributed by atoms with Crippen molar-refractivity contribution in [1.29, 1.82) is 0 Å². The lowest BCUT2D eigenvalue weighted by molar-refractivity contribution is -0.128. The molecule has 0 aliphatic carbocycles. The number of carbonyl (C=O) groups is 2. The van der Waals surface area contributed by atoms with E-state index in [2.05, 4.69) is 5.32 Å². The minimum Gasteiger partial charge on any atom is -0.482 e. The minimum atomic E-state index is -0.764. The zero-order valence-corrected chi connectivity index (χ0v) is 14.0. The molecular formula is C19H19NO5. The number of hydrogen-bond acceptors (Lipinski definition) is 5. The van der Waals surface area contributed by atoms with Gasteiger partial charge in [-0.2, -0.15) is 0 Å². The van der Waals surface area contributed by atoms with Gasteiger partial charge in [-0.05, 0) is 50.2 Å². The van der Waals surface area contributed by atoms with Gasteiger partial charge in [-0.15, -0.1) is 0 Å². The molecule has 0 saturated heterocycles. The van der Waals surface area contributed by atoms with Gasteiger partial charge in [0.15, 0.2) is 11.5 Å². The van der Waals surface area contributed by atoms with Crippen molar-refractivity contribution in [2.45, 2.75) is 26.1 Å². The van der Waals surface area contributed by atoms with Crippen LogP contribution in [0.25, 0.3) is 0 Å². The number of ether oxygens (including phenoxy) is 3. The van der Waals surface area contributed by atoms with Gasteiger partial charge in [-0.3, -0.25) is 4.79 Å². The van der Waals surface area contributed by atoms with Crippen molar-refractivity contribution in [2.24, 2.45) is 0 Å². The Bertz CT molecular complexity index is 772. The maximum absolute atomic E-state index is 12.5. The molecular weight excluding hydrogens is 322 g/mol. The summed E-state index contributed by atoms with van der Waals surface area (Å²) in [6.45, 7) is 3.85. The molecule has 1 amide bonds. The fourth-order valence-corrected chi connectivity index (χ4v) is 2.52. The highest BCUT2D eigenvalue weighted by atomic mass is 16.6. The molecule has 1 aliphatic heterocycles. The van der Waals surface area contributed by atoms with Crippen LogP contribution in [0.4, 0.5) is 5.69 Å². The van der Waals surface area contributed by atoms with Crippen LogP contribution in [0, 0.1) is 0 Å². The monoisotopic (exact) mass is 341 g/mol. The maximum atomic E-state index is 12.5. The van der Waals surface area contributed by atoms with E-state index in [1.54, 1.807) is 50.2 Å². The molecule has 1 N–H and O–H groups in total. The Kier molecular flexibility index (Phi) is 4.88. The molecule has 6 heteroatoms. The van der Waals surface area contributed by atoms with E-state index in [0.29, 0.717) is 29.4 Å². The first-order chi connectivity index (χ1) is 12.1. The van der Waals surface area contributed by atoms with Gasteiger partial charge in [0.1, 0.15) is 6.10 Å². The van der Waals surface area contributed by atoms with Gasteiger partial charge in [0.2, 0.25) is 6.10 Å². The summed E-state index contributed by atoms with van der Waals surface area (Å²) in [6.07, 6.45) is -1.19. The van der Waals surface area contributed by atoms with Crippen LogP contribution < -0.4 is 14.8 Å². The smallest absolute Gasteiger partial charge is 0.338 e. The summed E-state index contributed by atoms with van der Waals surface area (Å²) in [7, 11) is 0. The van der Waals surface area contributed by atoms with E-state index in [0.717, 1.165) is 0 Å². The lowest BCUT2D eigenvalue weighted by Crippen LogP contribution is -2.46. The average molecular weight is 341 g/mol. The summed E-state index contributed by atoms with van der Waals surface area (Å²) in [5.74, 6) is 0.455. The standard InChI is InChI=1S/C19H19NO5/c1-3-23-19(22)13-8-10-14(11-9-13)20-18(21)17-12(2)24-15-6-4-5-7-16(15)25-17/h4-12,17H,3H2,1-2H3,(H,20,21)/t12-,17-/m0/s1. The van der Waals surface area contributed by atoms with Crippen LogP contribution in [-0.4, -0.2) is 30.7 Å². The molecule has 0 saturated carbocycles. The maximum Gasteiger partial charge on any atom is 0.338 e. The number of nitrogens with one attached hydrogen (secondary N) is 1. The third-order valence-corrected chi connectivity index (χ3v) is 3.76. The Morgan fingerprint density at radius 2 is 1.68 bits per heavy atom. The highest BCUT2D eigenvalue weighted by molar-refractivity contribution is 5.96. The highest BCUT2D eigenvalue weighted by Gasteiger charge is 2.34. The quantitative estimate of drug-likeness (QED) is 0.865. The summed E-state index contributed by atoms with van der Waals surface area (Å²) < 4.78 is 16.4. The van der Waals surface area contributed by atoms with Gasteiger partial charge in [0, 0.05) is 5.69 Å². The molecule has 3 rings (SSSR count). The normalized spacial score (nSPS) is 18.3. The van der Waals surface area contributed by atoms with Crippen LogP contribution in [-0.2, 0) is 9.53 Å². The Hall–Kier alpha value is -3.02. The van der Waals surface area contributed by atoms with E-state index >= 15 is 0 Å². The molecule has 0 fully saturated rings. The van der Waals surface area contributed by atoms with Gasteiger partial charge in [-0.1, -0.05) is 12.1 Å². The average Bonchev–Trinajstić information content (AvgIpc) is 2.62. The lowest BCUT2D eigenvalue weighted by atomic mass is 10.1. The van der Waals surface area contributed by atoms with Gasteiger partial charge in [0.25, 0.3) is 5.91 Å². The van der Waals surface area contributed by atoms with Gasteiger partial charge in [0.05, 0.1) is 12.2 Å². The summed E-state index contributed by atoms with van der Waals surface area (Å²) in [5.41, 5.74) is 0.993. The molecule has 0 unspecified atom stereocenters. The number of anilines is 1. The van der Waals surface area contributed by atoms with E-state index in [4.69, 9.17) is 14.2 Å². The van der Waals surface area contributed by atoms with Gasteiger partial charge in [-0.25, -0.2) is 4.79 Å². The molecule has 130 valence electrons. The lowest BCUT2D eigenvalue weighted by Gasteiger charge is -2.31. The van der Waals surface area contributed by atoms with Gasteiger partial charge >= 0.3 is 5.97 Å². The second-order valence-corrected chi connectivity index (χ2v) is 5.60. The van der Waals surface area contributed by atoms with Gasteiger partial charge < -0.3 is 19.5 Å². The van der Waals surface area contributed by atoms with Crippen molar-refractivity contribution < 1.29 is 23.8 Å². The first-order valence-corrected chi connectivity index (χ1v) is 8.09. The topological polar surface area (TPSA) is 73.9 Å². The van der Waals surface area contributed by atoms with Crippen LogP contribution >= 0.6 is 0 Å². The van der Waals surface area contributed by atoms with Crippen LogP contribution in [0.15, 0.2) is 48.5 Å². The molecule has 1 heterocycles. The third kappa shape index (κ3) is 3.74. The largest absolute Gasteiger partial charge is 0.482 e. The third-order valence-electron chi connectivity index (χ3n) is 3.76. The fraction of sp³-hybridized carbons (Fsp3) is 0.263. The molecule has 2 aromatic rings. The SMILES string of the molecule is CCOC(=O)c1ccc(NC(=O)[C@H]2Oc3ccccc3O[C@H]2C)cc1. The zero-order valence-electron chi connectivity index (χ0n) is 14.0. The number of carbonyl (C=O) groups excluding carboxylic acids is 2. The van der Waals surface area contributed by atoms with E-state index in [9.17, 15) is 9.59 Å². The first-order valence-electron chi connectivity index (χ1n) is 8.09. The molecule has 1 aliphatic rings. The second-order valence-electron chi connectivity index (χ2n) is 5.60. The Morgan fingerprint density at radius 1 is 1.04 bits per heavy atom. The zero-order chi connectivity index (χ0) is 17.8. The summed E-state index contributed by atoms with van der Waals surface area (Å²) >= 11 is 0. The summed E-state index contributed by atoms with van der Waals surface area (Å²) in [5, 5.41) is 2.77. The molecule has 2 aromatic carbocycles. The van der Waals surface area contributed by atoms with Crippen LogP contribution in [0.3, 0.4) is 0 Å². The molecule has 2 atom stereocenters. The molecule has 0 spiro atoms. The van der Waals surface area contributed by atoms with E-state index in [-0.39, 0.29) is 5.91 Å². The summed E-state index contributed by atoms with van der Waals surface area (Å²) in [4.78, 5) is 24.1. The Morgan fingerprint density at radius 3 is 2.32 bits per heavy atom. The molecule has 0 radical (unpaired) electrons. The molecule has 0 aromatic heterocycles. The van der Waals surface area contributed by atoms with E-state index < -0.39 is 18.2 Å². The Balaban J connectivity index is 1.67. The predicted molar refractivity (Wildman–Crippen MR) is 92.0 cm³/mol. The first kappa shape index (κ1) is 16.8. The van der Waals surface area contributed by atoms with Crippen molar-refractivity contribution >= 4 is 17.6 Å². The molecule has 6 nitrogen and oxygen atoms in total. The van der Waals surface area contributed by atoms with Crippen molar-refractivity contribution in [3.63, 3.8) is 0 Å².